The molecular weight excluding hydrogens is 322 g/mol. The SMILES string of the molecule is CCOC(=O)C(=O)N[C@@H](Cc1c[nH]c2ccccc12)C(=O)NC1CC1. The molecule has 3 rings (SSSR count). The monoisotopic (exact) mass is 343 g/mol. The number of nitrogens with one attached hydrogen (secondary N) is 3. The Morgan fingerprint density at radius 3 is 2.76 bits per heavy atom. The summed E-state index contributed by atoms with van der Waals surface area (Å²) in [5.74, 6) is -2.17. The Balaban J connectivity index is 1.76. The molecule has 1 fully saturated rings. The topological polar surface area (TPSA) is 100 Å². The van der Waals surface area contributed by atoms with Crippen molar-refractivity contribution < 1.29 is 19.1 Å². The highest BCUT2D eigenvalue weighted by atomic mass is 16.5. The minimum absolute atomic E-state index is 0.105. The van der Waals surface area contributed by atoms with E-state index in [4.69, 9.17) is 4.74 Å². The number of esters is 1. The van der Waals surface area contributed by atoms with Crippen LogP contribution in [0.5, 0.6) is 0 Å². The molecule has 1 aromatic heterocycles. The van der Waals surface area contributed by atoms with E-state index < -0.39 is 17.9 Å². The quantitative estimate of drug-likeness (QED) is 0.539. The highest BCUT2D eigenvalue weighted by Crippen LogP contribution is 2.21. The third-order valence-corrected chi connectivity index (χ3v) is 4.11. The minimum atomic E-state index is -0.981. The maximum absolute atomic E-state index is 12.5. The summed E-state index contributed by atoms with van der Waals surface area (Å²) in [5.41, 5.74) is 1.85. The number of para-hydroxylation sites is 1. The zero-order valence-electron chi connectivity index (χ0n) is 14.0. The predicted molar refractivity (Wildman–Crippen MR) is 91.7 cm³/mol. The smallest absolute Gasteiger partial charge is 0.396 e. The van der Waals surface area contributed by atoms with E-state index in [2.05, 4.69) is 15.6 Å². The molecule has 2 aromatic rings. The molecular formula is C18H21N3O4. The molecule has 132 valence electrons. The maximum Gasteiger partial charge on any atom is 0.396 e. The number of benzene rings is 1. The number of rotatable bonds is 6. The van der Waals surface area contributed by atoms with Crippen molar-refractivity contribution >= 4 is 28.7 Å². The fraction of sp³-hybridized carbons (Fsp3) is 0.389. The van der Waals surface area contributed by atoms with Crippen LogP contribution in [-0.4, -0.2) is 41.5 Å². The van der Waals surface area contributed by atoms with Crippen molar-refractivity contribution in [2.45, 2.75) is 38.3 Å². The minimum Gasteiger partial charge on any atom is -0.459 e. The van der Waals surface area contributed by atoms with E-state index in [0.717, 1.165) is 29.3 Å². The Morgan fingerprint density at radius 1 is 1.28 bits per heavy atom. The van der Waals surface area contributed by atoms with Gasteiger partial charge in [-0.3, -0.25) is 9.59 Å². The summed E-state index contributed by atoms with van der Waals surface area (Å²) in [7, 11) is 0. The highest BCUT2D eigenvalue weighted by molar-refractivity contribution is 6.32. The first kappa shape index (κ1) is 17.0. The number of hydrogen-bond acceptors (Lipinski definition) is 4. The first-order chi connectivity index (χ1) is 12.1. The van der Waals surface area contributed by atoms with E-state index in [1.807, 2.05) is 30.5 Å². The number of ether oxygens (including phenoxy) is 1. The Hall–Kier alpha value is -2.83. The molecule has 7 heteroatoms. The number of aromatic nitrogens is 1. The zero-order chi connectivity index (χ0) is 17.8. The average Bonchev–Trinajstić information content (AvgIpc) is 3.33. The molecule has 1 aliphatic rings. The summed E-state index contributed by atoms with van der Waals surface area (Å²) >= 11 is 0. The lowest BCUT2D eigenvalue weighted by Gasteiger charge is -2.17. The van der Waals surface area contributed by atoms with Crippen molar-refractivity contribution in [3.8, 4) is 0 Å². The summed E-state index contributed by atoms with van der Waals surface area (Å²) in [6.07, 6.45) is 3.99. The molecule has 0 bridgehead atoms. The van der Waals surface area contributed by atoms with Crippen molar-refractivity contribution in [2.24, 2.45) is 0 Å². The second-order valence-electron chi connectivity index (χ2n) is 6.09. The summed E-state index contributed by atoms with van der Waals surface area (Å²) in [6.45, 7) is 1.72. The van der Waals surface area contributed by atoms with E-state index in [1.165, 1.54) is 0 Å². The molecule has 2 amide bonds. The maximum atomic E-state index is 12.5. The van der Waals surface area contributed by atoms with Crippen LogP contribution in [0.2, 0.25) is 0 Å². The molecule has 7 nitrogen and oxygen atoms in total. The fourth-order valence-electron chi connectivity index (χ4n) is 2.67. The normalized spacial score (nSPS) is 14.8. The van der Waals surface area contributed by atoms with Crippen LogP contribution in [0.1, 0.15) is 25.3 Å². The summed E-state index contributed by atoms with van der Waals surface area (Å²) in [4.78, 5) is 39.2. The molecule has 1 saturated carbocycles. The molecule has 1 aromatic carbocycles. The van der Waals surface area contributed by atoms with Crippen LogP contribution in [0.15, 0.2) is 30.5 Å². The van der Waals surface area contributed by atoms with Crippen molar-refractivity contribution in [3.05, 3.63) is 36.0 Å². The van der Waals surface area contributed by atoms with E-state index in [-0.39, 0.29) is 25.0 Å². The van der Waals surface area contributed by atoms with Gasteiger partial charge in [-0.1, -0.05) is 18.2 Å². The van der Waals surface area contributed by atoms with Crippen LogP contribution in [0.25, 0.3) is 10.9 Å². The lowest BCUT2D eigenvalue weighted by molar-refractivity contribution is -0.155. The Morgan fingerprint density at radius 2 is 2.04 bits per heavy atom. The lowest BCUT2D eigenvalue weighted by Crippen LogP contribution is -2.50. The van der Waals surface area contributed by atoms with Crippen molar-refractivity contribution in [2.75, 3.05) is 6.61 Å². The van der Waals surface area contributed by atoms with Crippen molar-refractivity contribution in [3.63, 3.8) is 0 Å². The van der Waals surface area contributed by atoms with Gasteiger partial charge in [0.2, 0.25) is 5.91 Å². The molecule has 1 aliphatic carbocycles. The van der Waals surface area contributed by atoms with Gasteiger partial charge in [-0.2, -0.15) is 0 Å². The predicted octanol–water partition coefficient (Wildman–Crippen LogP) is 1.04. The molecule has 25 heavy (non-hydrogen) atoms. The molecule has 3 N–H and O–H groups in total. The van der Waals surface area contributed by atoms with E-state index in [1.54, 1.807) is 6.92 Å². The number of aromatic amines is 1. The van der Waals surface area contributed by atoms with Gasteiger partial charge in [0, 0.05) is 29.6 Å². The molecule has 0 radical (unpaired) electrons. The first-order valence-electron chi connectivity index (χ1n) is 8.41. The van der Waals surface area contributed by atoms with Crippen LogP contribution in [0.3, 0.4) is 0 Å². The molecule has 1 heterocycles. The van der Waals surface area contributed by atoms with Gasteiger partial charge in [0.25, 0.3) is 0 Å². The zero-order valence-corrected chi connectivity index (χ0v) is 14.0. The lowest BCUT2D eigenvalue weighted by atomic mass is 10.0. The fourth-order valence-corrected chi connectivity index (χ4v) is 2.67. The summed E-state index contributed by atoms with van der Waals surface area (Å²) in [6, 6.07) is 7.05. The number of amides is 2. The Kier molecular flexibility index (Phi) is 5.02. The third kappa shape index (κ3) is 4.17. The van der Waals surface area contributed by atoms with Gasteiger partial charge in [0.15, 0.2) is 0 Å². The molecule has 0 unspecified atom stereocenters. The number of H-pyrrole nitrogens is 1. The number of hydrogen-bond donors (Lipinski definition) is 3. The van der Waals surface area contributed by atoms with Gasteiger partial charge in [0.05, 0.1) is 6.61 Å². The average molecular weight is 343 g/mol. The summed E-state index contributed by atoms with van der Waals surface area (Å²) < 4.78 is 4.69. The standard InChI is InChI=1S/C18H21N3O4/c1-2-25-18(24)17(23)21-15(16(22)20-12-7-8-12)9-11-10-19-14-6-4-3-5-13(11)14/h3-6,10,12,15,19H,2,7-9H2,1H3,(H,20,22)(H,21,23)/t15-/m0/s1. The molecule has 0 saturated heterocycles. The van der Waals surface area contributed by atoms with Gasteiger partial charge < -0.3 is 20.4 Å². The third-order valence-electron chi connectivity index (χ3n) is 4.11. The molecule has 1 atom stereocenters. The van der Waals surface area contributed by atoms with Gasteiger partial charge >= 0.3 is 11.9 Å². The van der Waals surface area contributed by atoms with Gasteiger partial charge in [-0.05, 0) is 31.4 Å². The first-order valence-corrected chi connectivity index (χ1v) is 8.41. The van der Waals surface area contributed by atoms with E-state index in [0.29, 0.717) is 0 Å². The van der Waals surface area contributed by atoms with Crippen LogP contribution in [-0.2, 0) is 25.5 Å². The van der Waals surface area contributed by atoms with Crippen LogP contribution in [0.4, 0.5) is 0 Å². The number of carbonyl (C=O) groups excluding carboxylic acids is 3. The molecule has 0 spiro atoms. The van der Waals surface area contributed by atoms with E-state index >= 15 is 0 Å². The van der Waals surface area contributed by atoms with Crippen LogP contribution < -0.4 is 10.6 Å². The summed E-state index contributed by atoms with van der Waals surface area (Å²) in [5, 5.41) is 6.36. The van der Waals surface area contributed by atoms with Crippen molar-refractivity contribution in [1.29, 1.82) is 0 Å². The van der Waals surface area contributed by atoms with Crippen LogP contribution >= 0.6 is 0 Å². The Labute approximate surface area is 145 Å². The largest absolute Gasteiger partial charge is 0.459 e. The van der Waals surface area contributed by atoms with Gasteiger partial charge in [0.1, 0.15) is 6.04 Å². The number of carbonyl (C=O) groups is 3. The van der Waals surface area contributed by atoms with Crippen molar-refractivity contribution in [1.82, 2.24) is 15.6 Å². The number of fused-ring (bicyclic) bond motifs is 1. The van der Waals surface area contributed by atoms with Gasteiger partial charge in [-0.15, -0.1) is 0 Å². The second kappa shape index (κ2) is 7.38. The van der Waals surface area contributed by atoms with Gasteiger partial charge in [-0.25, -0.2) is 4.79 Å². The van der Waals surface area contributed by atoms with Crippen LogP contribution in [0, 0.1) is 0 Å². The second-order valence-corrected chi connectivity index (χ2v) is 6.09. The highest BCUT2D eigenvalue weighted by Gasteiger charge is 2.30. The Bertz CT molecular complexity index is 794. The molecule has 0 aliphatic heterocycles. The van der Waals surface area contributed by atoms with E-state index in [9.17, 15) is 14.4 Å².